The van der Waals surface area contributed by atoms with E-state index in [4.69, 9.17) is 32.7 Å². The van der Waals surface area contributed by atoms with E-state index in [1.54, 1.807) is 18.2 Å². The number of para-hydroxylation sites is 2. The van der Waals surface area contributed by atoms with Gasteiger partial charge in [-0.2, -0.15) is 0 Å². The predicted octanol–water partition coefficient (Wildman–Crippen LogP) is 3.49. The van der Waals surface area contributed by atoms with Gasteiger partial charge < -0.3 is 14.8 Å². The molecule has 0 aliphatic carbocycles. The molecule has 0 bridgehead atoms. The Morgan fingerprint density at radius 1 is 1.17 bits per heavy atom. The lowest BCUT2D eigenvalue weighted by Crippen LogP contribution is -2.44. The van der Waals surface area contributed by atoms with E-state index >= 15 is 0 Å². The number of hydrogen-bond donors (Lipinski definition) is 1. The Morgan fingerprint density at radius 2 is 1.96 bits per heavy atom. The molecule has 0 spiro atoms. The fourth-order valence-corrected chi connectivity index (χ4v) is 2.81. The number of nitrogens with one attached hydrogen (secondary N) is 1. The smallest absolute Gasteiger partial charge is 0.264 e. The van der Waals surface area contributed by atoms with E-state index < -0.39 is 6.10 Å². The van der Waals surface area contributed by atoms with Crippen molar-refractivity contribution in [2.75, 3.05) is 13.2 Å². The van der Waals surface area contributed by atoms with E-state index in [-0.39, 0.29) is 12.5 Å². The lowest BCUT2D eigenvalue weighted by Gasteiger charge is -2.25. The van der Waals surface area contributed by atoms with Gasteiger partial charge in [0.1, 0.15) is 6.61 Å². The Labute approximate surface area is 144 Å². The van der Waals surface area contributed by atoms with Gasteiger partial charge in [0.25, 0.3) is 5.91 Å². The van der Waals surface area contributed by atoms with Crippen LogP contribution in [0.4, 0.5) is 0 Å². The lowest BCUT2D eigenvalue weighted by atomic mass is 10.1. The maximum atomic E-state index is 12.2. The zero-order valence-corrected chi connectivity index (χ0v) is 13.7. The van der Waals surface area contributed by atoms with E-state index in [0.29, 0.717) is 34.5 Å². The molecule has 2 aromatic carbocycles. The van der Waals surface area contributed by atoms with Crippen molar-refractivity contribution in [3.63, 3.8) is 0 Å². The molecule has 3 rings (SSSR count). The molecule has 0 radical (unpaired) electrons. The number of ether oxygens (including phenoxy) is 2. The molecule has 0 saturated carbocycles. The molecule has 1 aliphatic rings. The number of fused-ring (bicyclic) bond motifs is 1. The minimum absolute atomic E-state index is 0.199. The number of hydrogen-bond acceptors (Lipinski definition) is 3. The van der Waals surface area contributed by atoms with E-state index in [9.17, 15) is 4.79 Å². The summed E-state index contributed by atoms with van der Waals surface area (Å²) in [6.07, 6.45) is -0.0306. The highest BCUT2D eigenvalue weighted by Gasteiger charge is 2.26. The van der Waals surface area contributed by atoms with Crippen molar-refractivity contribution < 1.29 is 14.3 Å². The zero-order valence-electron chi connectivity index (χ0n) is 12.2. The van der Waals surface area contributed by atoms with Gasteiger partial charge in [0, 0.05) is 16.6 Å². The van der Waals surface area contributed by atoms with Crippen LogP contribution >= 0.6 is 23.2 Å². The highest BCUT2D eigenvalue weighted by Crippen LogP contribution is 2.30. The first kappa shape index (κ1) is 16.0. The SMILES string of the molecule is O=C(NCCc1ccc(Cl)cc1Cl)[C@H]1COc2ccccc2O1. The summed E-state index contributed by atoms with van der Waals surface area (Å²) < 4.78 is 11.2. The zero-order chi connectivity index (χ0) is 16.2. The molecule has 0 fully saturated rings. The van der Waals surface area contributed by atoms with Gasteiger partial charge in [-0.3, -0.25) is 4.79 Å². The minimum atomic E-state index is -0.648. The molecule has 6 heteroatoms. The molecule has 4 nitrogen and oxygen atoms in total. The third-order valence-electron chi connectivity index (χ3n) is 3.51. The van der Waals surface area contributed by atoms with Gasteiger partial charge >= 0.3 is 0 Å². The average molecular weight is 352 g/mol. The van der Waals surface area contributed by atoms with E-state index in [1.807, 2.05) is 24.3 Å². The summed E-state index contributed by atoms with van der Waals surface area (Å²) in [5.41, 5.74) is 0.933. The molecule has 0 saturated heterocycles. The van der Waals surface area contributed by atoms with Gasteiger partial charge in [0.15, 0.2) is 11.5 Å². The second-order valence-corrected chi connectivity index (χ2v) is 5.98. The quantitative estimate of drug-likeness (QED) is 0.916. The Kier molecular flexibility index (Phi) is 4.94. The number of carbonyl (C=O) groups is 1. The molecular weight excluding hydrogens is 337 g/mol. The highest BCUT2D eigenvalue weighted by atomic mass is 35.5. The van der Waals surface area contributed by atoms with Gasteiger partial charge in [-0.1, -0.05) is 41.4 Å². The Balaban J connectivity index is 1.52. The molecule has 0 aromatic heterocycles. The summed E-state index contributed by atoms with van der Waals surface area (Å²) in [5.74, 6) is 1.04. The van der Waals surface area contributed by atoms with Crippen molar-refractivity contribution in [3.05, 3.63) is 58.1 Å². The Hall–Kier alpha value is -1.91. The van der Waals surface area contributed by atoms with Gasteiger partial charge in [0.05, 0.1) is 0 Å². The number of halogens is 2. The Bertz CT molecular complexity index is 721. The third-order valence-corrected chi connectivity index (χ3v) is 4.10. The molecule has 1 N–H and O–H groups in total. The summed E-state index contributed by atoms with van der Waals surface area (Å²) in [6, 6.07) is 12.6. The van der Waals surface area contributed by atoms with Crippen LogP contribution in [-0.4, -0.2) is 25.2 Å². The normalized spacial score (nSPS) is 16.0. The van der Waals surface area contributed by atoms with E-state index in [1.165, 1.54) is 0 Å². The average Bonchev–Trinajstić information content (AvgIpc) is 2.56. The second-order valence-electron chi connectivity index (χ2n) is 5.14. The van der Waals surface area contributed by atoms with Gasteiger partial charge in [-0.05, 0) is 36.2 Å². The molecular formula is C17H15Cl2NO3. The molecule has 1 amide bonds. The van der Waals surface area contributed by atoms with Crippen LogP contribution in [0.1, 0.15) is 5.56 Å². The van der Waals surface area contributed by atoms with Crippen LogP contribution < -0.4 is 14.8 Å². The fourth-order valence-electron chi connectivity index (χ4n) is 2.31. The molecule has 1 atom stereocenters. The van der Waals surface area contributed by atoms with Gasteiger partial charge in [-0.15, -0.1) is 0 Å². The van der Waals surface area contributed by atoms with Crippen LogP contribution in [0.3, 0.4) is 0 Å². The van der Waals surface area contributed by atoms with Gasteiger partial charge in [0.2, 0.25) is 6.10 Å². The maximum absolute atomic E-state index is 12.2. The van der Waals surface area contributed by atoms with Gasteiger partial charge in [-0.25, -0.2) is 0 Å². The van der Waals surface area contributed by atoms with Crippen LogP contribution in [-0.2, 0) is 11.2 Å². The molecule has 1 aliphatic heterocycles. The lowest BCUT2D eigenvalue weighted by molar-refractivity contribution is -0.130. The molecule has 120 valence electrons. The first-order valence-corrected chi connectivity index (χ1v) is 7.99. The third kappa shape index (κ3) is 3.89. The maximum Gasteiger partial charge on any atom is 0.264 e. The fraction of sp³-hybridized carbons (Fsp3) is 0.235. The van der Waals surface area contributed by atoms with Crippen molar-refractivity contribution in [1.82, 2.24) is 5.32 Å². The molecule has 2 aromatic rings. The predicted molar refractivity (Wildman–Crippen MR) is 89.5 cm³/mol. The topological polar surface area (TPSA) is 47.6 Å². The van der Waals surface area contributed by atoms with E-state index in [2.05, 4.69) is 5.32 Å². The Morgan fingerprint density at radius 3 is 2.74 bits per heavy atom. The number of benzene rings is 2. The molecule has 0 unspecified atom stereocenters. The second kappa shape index (κ2) is 7.11. The van der Waals surface area contributed by atoms with Crippen LogP contribution in [0.2, 0.25) is 10.0 Å². The van der Waals surface area contributed by atoms with Crippen molar-refractivity contribution in [2.24, 2.45) is 0 Å². The first-order valence-electron chi connectivity index (χ1n) is 7.23. The van der Waals surface area contributed by atoms with Crippen molar-refractivity contribution in [3.8, 4) is 11.5 Å². The number of carbonyl (C=O) groups excluding carboxylic acids is 1. The number of amides is 1. The summed E-state index contributed by atoms with van der Waals surface area (Å²) in [7, 11) is 0. The van der Waals surface area contributed by atoms with Crippen LogP contribution in [0.25, 0.3) is 0 Å². The van der Waals surface area contributed by atoms with Crippen LogP contribution in [0.5, 0.6) is 11.5 Å². The largest absolute Gasteiger partial charge is 0.485 e. The standard InChI is InChI=1S/C17H15Cl2NO3/c18-12-6-5-11(13(19)9-12)7-8-20-17(21)16-10-22-14-3-1-2-4-15(14)23-16/h1-6,9,16H,7-8,10H2,(H,20,21)/t16-/m1/s1. The molecule has 23 heavy (non-hydrogen) atoms. The summed E-state index contributed by atoms with van der Waals surface area (Å²) in [4.78, 5) is 12.2. The van der Waals surface area contributed by atoms with Crippen LogP contribution in [0.15, 0.2) is 42.5 Å². The highest BCUT2D eigenvalue weighted by molar-refractivity contribution is 6.35. The summed E-state index contributed by atoms with van der Waals surface area (Å²) in [5, 5.41) is 4.03. The molecule has 1 heterocycles. The van der Waals surface area contributed by atoms with Crippen molar-refractivity contribution in [2.45, 2.75) is 12.5 Å². The summed E-state index contributed by atoms with van der Waals surface area (Å²) >= 11 is 12.0. The van der Waals surface area contributed by atoms with Crippen LogP contribution in [0, 0.1) is 0 Å². The van der Waals surface area contributed by atoms with E-state index in [0.717, 1.165) is 5.56 Å². The summed E-state index contributed by atoms with van der Waals surface area (Å²) in [6.45, 7) is 0.659. The van der Waals surface area contributed by atoms with Crippen molar-refractivity contribution >= 4 is 29.1 Å². The minimum Gasteiger partial charge on any atom is -0.485 e. The first-order chi connectivity index (χ1) is 11.1. The number of rotatable bonds is 4. The monoisotopic (exact) mass is 351 g/mol. The van der Waals surface area contributed by atoms with Crippen molar-refractivity contribution in [1.29, 1.82) is 0 Å².